The number of aromatic nitrogens is 1. The molecule has 0 unspecified atom stereocenters. The number of thiazole rings is 1. The molecule has 1 aromatic rings. The van der Waals surface area contributed by atoms with Crippen LogP contribution in [0.4, 0.5) is 10.9 Å². The minimum atomic E-state index is -0.310. The Morgan fingerprint density at radius 3 is 2.95 bits per heavy atom. The quantitative estimate of drug-likeness (QED) is 0.884. The summed E-state index contributed by atoms with van der Waals surface area (Å²) in [4.78, 5) is 19.3. The lowest BCUT2D eigenvalue weighted by molar-refractivity contribution is -0.0368. The third-order valence-electron chi connectivity index (χ3n) is 3.64. The Hall–Kier alpha value is -1.34. The van der Waals surface area contributed by atoms with Crippen LogP contribution in [-0.4, -0.2) is 47.1 Å². The van der Waals surface area contributed by atoms with Crippen LogP contribution in [0.25, 0.3) is 0 Å². The average Bonchev–Trinajstić information content (AvgIpc) is 3.10. The van der Waals surface area contributed by atoms with Crippen molar-refractivity contribution in [1.29, 1.82) is 0 Å². The fourth-order valence-corrected chi connectivity index (χ4v) is 3.22. The van der Waals surface area contributed by atoms with Gasteiger partial charge >= 0.3 is 0 Å². The Labute approximate surface area is 122 Å². The number of carbonyl (C=O) groups is 1. The van der Waals surface area contributed by atoms with E-state index in [2.05, 4.69) is 10.3 Å². The molecule has 1 saturated heterocycles. The van der Waals surface area contributed by atoms with Crippen molar-refractivity contribution in [1.82, 2.24) is 9.88 Å². The van der Waals surface area contributed by atoms with Crippen LogP contribution in [0.2, 0.25) is 0 Å². The highest BCUT2D eigenvalue weighted by molar-refractivity contribution is 7.18. The van der Waals surface area contributed by atoms with Crippen molar-refractivity contribution in [3.8, 4) is 0 Å². The minimum absolute atomic E-state index is 0.0443. The van der Waals surface area contributed by atoms with Crippen LogP contribution >= 0.6 is 11.3 Å². The van der Waals surface area contributed by atoms with E-state index in [0.717, 1.165) is 5.13 Å². The molecule has 3 N–H and O–H groups in total. The number of hydrogen-bond donors (Lipinski definition) is 2. The van der Waals surface area contributed by atoms with Crippen LogP contribution < -0.4 is 11.1 Å². The number of carbonyl (C=O) groups excluding carboxylic acids is 1. The van der Waals surface area contributed by atoms with Crippen LogP contribution in [-0.2, 0) is 4.74 Å². The zero-order valence-electron chi connectivity index (χ0n) is 11.8. The smallest absolute Gasteiger partial charge is 0.268 e. The maximum Gasteiger partial charge on any atom is 0.268 e. The second-order valence-electron chi connectivity index (χ2n) is 5.97. The fraction of sp³-hybridized carbons (Fsp3) is 0.692. The number of morpholine rings is 1. The lowest BCUT2D eigenvalue weighted by Crippen LogP contribution is -2.55. The molecule has 1 amide bonds. The molecular formula is C13H20N4O2S. The Kier molecular flexibility index (Phi) is 3.33. The largest absolute Gasteiger partial charge is 0.382 e. The van der Waals surface area contributed by atoms with Gasteiger partial charge in [-0.2, -0.15) is 0 Å². The number of hydrogen-bond acceptors (Lipinski definition) is 6. The molecule has 2 aliphatic rings. The topological polar surface area (TPSA) is 80.5 Å². The summed E-state index contributed by atoms with van der Waals surface area (Å²) < 4.78 is 5.45. The van der Waals surface area contributed by atoms with Crippen LogP contribution in [0.15, 0.2) is 0 Å². The first-order valence-electron chi connectivity index (χ1n) is 6.90. The van der Waals surface area contributed by atoms with Gasteiger partial charge in [-0.25, -0.2) is 4.98 Å². The first kappa shape index (κ1) is 13.6. The molecule has 110 valence electrons. The monoisotopic (exact) mass is 296 g/mol. The Morgan fingerprint density at radius 1 is 1.55 bits per heavy atom. The highest BCUT2D eigenvalue weighted by atomic mass is 32.1. The summed E-state index contributed by atoms with van der Waals surface area (Å²) in [5.74, 6) is 0.280. The van der Waals surface area contributed by atoms with Gasteiger partial charge in [-0.15, -0.1) is 0 Å². The van der Waals surface area contributed by atoms with E-state index in [1.54, 1.807) is 0 Å². The van der Waals surface area contributed by atoms with Crippen LogP contribution in [0.3, 0.4) is 0 Å². The molecule has 1 saturated carbocycles. The Morgan fingerprint density at radius 2 is 2.30 bits per heavy atom. The number of nitrogens with one attached hydrogen (secondary N) is 1. The van der Waals surface area contributed by atoms with Gasteiger partial charge in [0, 0.05) is 12.6 Å². The number of rotatable bonds is 3. The van der Waals surface area contributed by atoms with E-state index in [9.17, 15) is 4.79 Å². The number of amides is 1. The highest BCUT2D eigenvalue weighted by Gasteiger charge is 2.36. The number of ether oxygens (including phenoxy) is 1. The summed E-state index contributed by atoms with van der Waals surface area (Å²) in [6.45, 7) is 5.72. The van der Waals surface area contributed by atoms with Gasteiger partial charge in [0.05, 0.1) is 18.8 Å². The lowest BCUT2D eigenvalue weighted by atomic mass is 10.0. The zero-order chi connectivity index (χ0) is 14.3. The zero-order valence-corrected chi connectivity index (χ0v) is 12.6. The van der Waals surface area contributed by atoms with Crippen molar-refractivity contribution < 1.29 is 9.53 Å². The van der Waals surface area contributed by atoms with Gasteiger partial charge in [-0.3, -0.25) is 4.79 Å². The average molecular weight is 296 g/mol. The normalized spacial score (nSPS) is 21.8. The second kappa shape index (κ2) is 4.89. The van der Waals surface area contributed by atoms with Crippen molar-refractivity contribution in [2.75, 3.05) is 30.8 Å². The molecule has 3 rings (SSSR count). The van der Waals surface area contributed by atoms with Gasteiger partial charge < -0.3 is 20.7 Å². The molecule has 0 bridgehead atoms. The van der Waals surface area contributed by atoms with Crippen molar-refractivity contribution in [3.05, 3.63) is 4.88 Å². The van der Waals surface area contributed by atoms with Crippen LogP contribution in [0, 0.1) is 0 Å². The van der Waals surface area contributed by atoms with Crippen molar-refractivity contribution in [3.63, 3.8) is 0 Å². The van der Waals surface area contributed by atoms with E-state index < -0.39 is 0 Å². The predicted molar refractivity (Wildman–Crippen MR) is 79.1 cm³/mol. The Bertz CT molecular complexity index is 524. The summed E-state index contributed by atoms with van der Waals surface area (Å²) in [7, 11) is 0. The molecule has 1 aliphatic heterocycles. The molecule has 2 heterocycles. The van der Waals surface area contributed by atoms with Gasteiger partial charge in [0.1, 0.15) is 10.7 Å². The molecule has 20 heavy (non-hydrogen) atoms. The molecule has 0 atom stereocenters. The summed E-state index contributed by atoms with van der Waals surface area (Å²) in [6, 6.07) is 0.503. The maximum atomic E-state index is 12.7. The van der Waals surface area contributed by atoms with E-state index in [0.29, 0.717) is 36.5 Å². The van der Waals surface area contributed by atoms with Crippen LogP contribution in [0.1, 0.15) is 36.4 Å². The second-order valence-corrected chi connectivity index (χ2v) is 6.97. The molecule has 1 aromatic heterocycles. The van der Waals surface area contributed by atoms with Gasteiger partial charge in [-0.05, 0) is 26.7 Å². The van der Waals surface area contributed by atoms with Gasteiger partial charge in [0.2, 0.25) is 0 Å². The third kappa shape index (κ3) is 2.60. The van der Waals surface area contributed by atoms with Gasteiger partial charge in [0.25, 0.3) is 5.91 Å². The van der Waals surface area contributed by atoms with E-state index in [-0.39, 0.29) is 11.4 Å². The molecule has 1 aliphatic carbocycles. The number of nitrogens with two attached hydrogens (primary N) is 1. The predicted octanol–water partition coefficient (Wildman–Crippen LogP) is 1.55. The van der Waals surface area contributed by atoms with Crippen molar-refractivity contribution >= 4 is 28.2 Å². The fourth-order valence-electron chi connectivity index (χ4n) is 2.31. The molecular weight excluding hydrogens is 276 g/mol. The van der Waals surface area contributed by atoms with E-state index in [1.165, 1.54) is 24.2 Å². The molecule has 6 nitrogen and oxygen atoms in total. The molecule has 0 spiro atoms. The van der Waals surface area contributed by atoms with Gasteiger partial charge in [-0.1, -0.05) is 11.3 Å². The highest BCUT2D eigenvalue weighted by Crippen LogP contribution is 2.32. The first-order valence-corrected chi connectivity index (χ1v) is 7.71. The Balaban J connectivity index is 1.80. The van der Waals surface area contributed by atoms with Crippen molar-refractivity contribution in [2.45, 2.75) is 38.3 Å². The number of nitrogen functional groups attached to an aromatic ring is 1. The van der Waals surface area contributed by atoms with Gasteiger partial charge in [0.15, 0.2) is 5.13 Å². The molecule has 0 aromatic carbocycles. The lowest BCUT2D eigenvalue weighted by Gasteiger charge is -2.41. The van der Waals surface area contributed by atoms with E-state index >= 15 is 0 Å². The summed E-state index contributed by atoms with van der Waals surface area (Å²) in [6.07, 6.45) is 2.33. The minimum Gasteiger partial charge on any atom is -0.382 e. The summed E-state index contributed by atoms with van der Waals surface area (Å²) in [5.41, 5.74) is 5.60. The summed E-state index contributed by atoms with van der Waals surface area (Å²) in [5, 5.41) is 4.04. The van der Waals surface area contributed by atoms with E-state index in [1.807, 2.05) is 18.7 Å². The standard InChI is InChI=1S/C13H20N4O2S/c1-13(2)7-19-6-5-17(13)11(18)9-10(14)16-12(20-9)15-8-3-4-8/h8H,3-7,14H2,1-2H3,(H,15,16). The maximum absolute atomic E-state index is 12.7. The SMILES string of the molecule is CC1(C)COCCN1C(=O)c1sc(NC2CC2)nc1N. The molecule has 2 fully saturated rings. The number of anilines is 2. The third-order valence-corrected chi connectivity index (χ3v) is 4.63. The van der Waals surface area contributed by atoms with Crippen LogP contribution in [0.5, 0.6) is 0 Å². The first-order chi connectivity index (χ1) is 9.47. The molecule has 0 radical (unpaired) electrons. The molecule has 7 heteroatoms. The summed E-state index contributed by atoms with van der Waals surface area (Å²) >= 11 is 1.35. The van der Waals surface area contributed by atoms with E-state index in [4.69, 9.17) is 10.5 Å². The van der Waals surface area contributed by atoms with Crippen molar-refractivity contribution in [2.24, 2.45) is 0 Å². The number of nitrogens with zero attached hydrogens (tertiary/aromatic N) is 2.